The van der Waals surface area contributed by atoms with E-state index in [2.05, 4.69) is 32.8 Å². The van der Waals surface area contributed by atoms with Crippen LogP contribution in [0.2, 0.25) is 0 Å². The van der Waals surface area contributed by atoms with E-state index in [1.54, 1.807) is 18.2 Å². The second kappa shape index (κ2) is 5.99. The van der Waals surface area contributed by atoms with Crippen LogP contribution in [0.5, 0.6) is 0 Å². The topological polar surface area (TPSA) is 68.0 Å². The zero-order valence-electron chi connectivity index (χ0n) is 10.0. The smallest absolute Gasteiger partial charge is 0.206 e. The molecule has 19 heavy (non-hydrogen) atoms. The van der Waals surface area contributed by atoms with E-state index in [9.17, 15) is 4.79 Å². The van der Waals surface area contributed by atoms with Crippen LogP contribution in [0.15, 0.2) is 41.4 Å². The van der Waals surface area contributed by atoms with Gasteiger partial charge in [0, 0.05) is 16.6 Å². The Morgan fingerprint density at radius 3 is 2.79 bits per heavy atom. The number of aromatic nitrogens is 1. The molecule has 0 unspecified atom stereocenters. The molecule has 0 saturated carbocycles. The normalized spacial score (nSPS) is 10.2. The molecule has 0 bridgehead atoms. The van der Waals surface area contributed by atoms with Gasteiger partial charge in [0.05, 0.1) is 0 Å². The fourth-order valence-electron chi connectivity index (χ4n) is 1.46. The number of nitrogens with one attached hydrogen (secondary N) is 1. The number of thiazole rings is 1. The molecule has 0 aliphatic rings. The second-order valence-electron chi connectivity index (χ2n) is 3.74. The quantitative estimate of drug-likeness (QED) is 0.648. The summed E-state index contributed by atoms with van der Waals surface area (Å²) in [6, 6.07) is 7.15. The van der Waals surface area contributed by atoms with Gasteiger partial charge in [-0.2, -0.15) is 0 Å². The van der Waals surface area contributed by atoms with Gasteiger partial charge < -0.3 is 11.1 Å². The fraction of sp³-hybridized carbons (Fsp3) is 0.0769. The predicted molar refractivity (Wildman–Crippen MR) is 82.8 cm³/mol. The van der Waals surface area contributed by atoms with Gasteiger partial charge in [0.25, 0.3) is 0 Å². The summed E-state index contributed by atoms with van der Waals surface area (Å²) in [5.41, 5.74) is 6.38. The van der Waals surface area contributed by atoms with E-state index in [4.69, 9.17) is 5.73 Å². The van der Waals surface area contributed by atoms with Crippen molar-refractivity contribution in [3.05, 3.63) is 51.8 Å². The standard InChI is InChI=1S/C13H12BrN3OS/c1-2-7-16-13-17-12(15)11(19-13)10(18)8-3-5-9(14)6-4-8/h2-6H,1,7,15H2,(H,16,17). The number of rotatable bonds is 5. The Kier molecular flexibility index (Phi) is 4.34. The van der Waals surface area contributed by atoms with Crippen LogP contribution in [-0.4, -0.2) is 17.3 Å². The van der Waals surface area contributed by atoms with Crippen molar-refractivity contribution in [1.29, 1.82) is 0 Å². The summed E-state index contributed by atoms with van der Waals surface area (Å²) in [5.74, 6) is 0.138. The molecule has 0 amide bonds. The molecule has 1 aromatic heterocycles. The number of anilines is 2. The summed E-state index contributed by atoms with van der Waals surface area (Å²) in [6.45, 7) is 4.19. The lowest BCUT2D eigenvalue weighted by Crippen LogP contribution is -2.02. The van der Waals surface area contributed by atoms with E-state index in [1.165, 1.54) is 11.3 Å². The molecule has 98 valence electrons. The van der Waals surface area contributed by atoms with Crippen molar-refractivity contribution in [3.63, 3.8) is 0 Å². The first kappa shape index (κ1) is 13.8. The highest BCUT2D eigenvalue weighted by atomic mass is 79.9. The minimum Gasteiger partial charge on any atom is -0.382 e. The van der Waals surface area contributed by atoms with Crippen LogP contribution in [0.4, 0.5) is 10.9 Å². The maximum Gasteiger partial charge on any atom is 0.206 e. The van der Waals surface area contributed by atoms with Crippen LogP contribution >= 0.6 is 27.3 Å². The van der Waals surface area contributed by atoms with Gasteiger partial charge in [0.1, 0.15) is 10.7 Å². The first-order chi connectivity index (χ1) is 9.11. The summed E-state index contributed by atoms with van der Waals surface area (Å²) in [4.78, 5) is 16.9. The Hall–Kier alpha value is -1.66. The Labute approximate surface area is 123 Å². The average molecular weight is 338 g/mol. The van der Waals surface area contributed by atoms with E-state index >= 15 is 0 Å². The van der Waals surface area contributed by atoms with Crippen LogP contribution in [0, 0.1) is 0 Å². The number of carbonyl (C=O) groups is 1. The van der Waals surface area contributed by atoms with Gasteiger partial charge in [-0.15, -0.1) is 6.58 Å². The molecule has 2 aromatic rings. The molecule has 2 rings (SSSR count). The van der Waals surface area contributed by atoms with Crippen LogP contribution in [0.25, 0.3) is 0 Å². The number of ketones is 1. The molecule has 3 N–H and O–H groups in total. The molecule has 0 radical (unpaired) electrons. The monoisotopic (exact) mass is 337 g/mol. The van der Waals surface area contributed by atoms with E-state index < -0.39 is 0 Å². The van der Waals surface area contributed by atoms with Crippen LogP contribution < -0.4 is 11.1 Å². The largest absolute Gasteiger partial charge is 0.382 e. The van der Waals surface area contributed by atoms with Gasteiger partial charge in [-0.3, -0.25) is 4.79 Å². The molecule has 0 aliphatic carbocycles. The molecular formula is C13H12BrN3OS. The minimum atomic E-state index is -0.117. The van der Waals surface area contributed by atoms with Gasteiger partial charge >= 0.3 is 0 Å². The lowest BCUT2D eigenvalue weighted by atomic mass is 10.1. The van der Waals surface area contributed by atoms with Crippen LogP contribution in [-0.2, 0) is 0 Å². The van der Waals surface area contributed by atoms with Crippen molar-refractivity contribution in [1.82, 2.24) is 4.98 Å². The van der Waals surface area contributed by atoms with Gasteiger partial charge in [-0.05, 0) is 24.3 Å². The molecule has 0 fully saturated rings. The zero-order chi connectivity index (χ0) is 13.8. The lowest BCUT2D eigenvalue weighted by Gasteiger charge is -1.98. The Balaban J connectivity index is 2.25. The second-order valence-corrected chi connectivity index (χ2v) is 5.65. The van der Waals surface area contributed by atoms with E-state index in [0.717, 1.165) is 4.47 Å². The Morgan fingerprint density at radius 1 is 1.47 bits per heavy atom. The molecule has 6 heteroatoms. The predicted octanol–water partition coefficient (Wildman–Crippen LogP) is 3.32. The Bertz CT molecular complexity index is 607. The highest BCUT2D eigenvalue weighted by Crippen LogP contribution is 2.27. The highest BCUT2D eigenvalue weighted by molar-refractivity contribution is 9.10. The van der Waals surface area contributed by atoms with Gasteiger partial charge in [0.2, 0.25) is 5.78 Å². The third-order valence-electron chi connectivity index (χ3n) is 2.36. The highest BCUT2D eigenvalue weighted by Gasteiger charge is 2.17. The van der Waals surface area contributed by atoms with Gasteiger partial charge in [-0.25, -0.2) is 4.98 Å². The number of hydrogen-bond acceptors (Lipinski definition) is 5. The van der Waals surface area contributed by atoms with Gasteiger partial charge in [0.15, 0.2) is 5.13 Å². The van der Waals surface area contributed by atoms with E-state index in [1.807, 2.05) is 12.1 Å². The number of halogens is 1. The van der Waals surface area contributed by atoms with Crippen LogP contribution in [0.1, 0.15) is 15.2 Å². The average Bonchev–Trinajstić information content (AvgIpc) is 2.77. The molecule has 0 atom stereocenters. The summed E-state index contributed by atoms with van der Waals surface area (Å²) in [7, 11) is 0. The first-order valence-electron chi connectivity index (χ1n) is 5.53. The molecule has 0 spiro atoms. The maximum absolute atomic E-state index is 12.3. The summed E-state index contributed by atoms with van der Waals surface area (Å²) < 4.78 is 0.926. The number of benzene rings is 1. The molecule has 1 aromatic carbocycles. The summed E-state index contributed by atoms with van der Waals surface area (Å²) >= 11 is 4.58. The van der Waals surface area contributed by atoms with Crippen molar-refractivity contribution >= 4 is 44.0 Å². The van der Waals surface area contributed by atoms with Crippen molar-refractivity contribution < 1.29 is 4.79 Å². The van der Waals surface area contributed by atoms with Crippen molar-refractivity contribution in [3.8, 4) is 0 Å². The number of carbonyl (C=O) groups excluding carboxylic acids is 1. The van der Waals surface area contributed by atoms with Crippen molar-refractivity contribution in [2.45, 2.75) is 0 Å². The SMILES string of the molecule is C=CCNc1nc(N)c(C(=O)c2ccc(Br)cc2)s1. The van der Waals surface area contributed by atoms with Crippen LogP contribution in [0.3, 0.4) is 0 Å². The molecule has 1 heterocycles. The number of nitrogen functional groups attached to an aromatic ring is 1. The number of nitrogens with two attached hydrogens (primary N) is 1. The molecule has 0 saturated heterocycles. The number of hydrogen-bond donors (Lipinski definition) is 2. The molecule has 4 nitrogen and oxygen atoms in total. The van der Waals surface area contributed by atoms with E-state index in [0.29, 0.717) is 22.1 Å². The lowest BCUT2D eigenvalue weighted by molar-refractivity contribution is 0.104. The molecular weight excluding hydrogens is 326 g/mol. The summed E-state index contributed by atoms with van der Waals surface area (Å²) in [6.07, 6.45) is 1.72. The summed E-state index contributed by atoms with van der Waals surface area (Å²) in [5, 5.41) is 3.64. The van der Waals surface area contributed by atoms with Gasteiger partial charge in [-0.1, -0.05) is 33.3 Å². The molecule has 0 aliphatic heterocycles. The fourth-order valence-corrected chi connectivity index (χ4v) is 2.58. The van der Waals surface area contributed by atoms with Crippen molar-refractivity contribution in [2.75, 3.05) is 17.6 Å². The maximum atomic E-state index is 12.3. The minimum absolute atomic E-state index is 0.117. The third kappa shape index (κ3) is 3.21. The number of nitrogens with zero attached hydrogens (tertiary/aromatic N) is 1. The van der Waals surface area contributed by atoms with Crippen molar-refractivity contribution in [2.24, 2.45) is 0 Å². The Morgan fingerprint density at radius 2 is 2.16 bits per heavy atom. The zero-order valence-corrected chi connectivity index (χ0v) is 12.4. The van der Waals surface area contributed by atoms with E-state index in [-0.39, 0.29) is 11.6 Å². The third-order valence-corrected chi connectivity index (χ3v) is 3.92. The first-order valence-corrected chi connectivity index (χ1v) is 7.14.